The Labute approximate surface area is 265 Å². The van der Waals surface area contributed by atoms with Gasteiger partial charge in [0.15, 0.2) is 5.69 Å². The number of hydrazone groups is 1. The fourth-order valence-electron chi connectivity index (χ4n) is 9.87. The lowest BCUT2D eigenvalue weighted by atomic mass is 9.41. The van der Waals surface area contributed by atoms with Crippen LogP contribution in [0.2, 0.25) is 0 Å². The normalized spacial score (nSPS) is 38.3. The third-order valence-corrected chi connectivity index (χ3v) is 12.1. The van der Waals surface area contributed by atoms with Crippen LogP contribution < -0.4 is 10.7 Å². The molecular formula is C33H40N6O7. The Hall–Kier alpha value is -3.94. The molecule has 3 heterocycles. The molecule has 2 aromatic rings. The summed E-state index contributed by atoms with van der Waals surface area (Å²) in [4.78, 5) is 48.8. The molecule has 4 aliphatic carbocycles. The highest BCUT2D eigenvalue weighted by Crippen LogP contribution is 2.70. The fraction of sp³-hybridized carbons (Fsp3) is 0.576. The number of aromatic amines is 1. The number of H-pyrrole nitrogens is 1. The molecule has 4 saturated carbocycles. The lowest BCUT2D eigenvalue weighted by molar-refractivity contribution is -0.237. The number of aliphatic hydroxyl groups is 3. The van der Waals surface area contributed by atoms with E-state index in [1.165, 1.54) is 12.5 Å². The second-order valence-corrected chi connectivity index (χ2v) is 14.0. The number of aliphatic hydroxyl groups excluding tert-OH is 1. The summed E-state index contributed by atoms with van der Waals surface area (Å²) in [7, 11) is 0. The van der Waals surface area contributed by atoms with Crippen LogP contribution in [0.1, 0.15) is 85.7 Å². The molecule has 0 bridgehead atoms. The quantitative estimate of drug-likeness (QED) is 0.157. The standard InChI is InChI=1S/C33H40N6O7/c1-30-9-6-22-23(33(30,45)12-8-21(30)19-14-25(41)46-16-19)7-11-32(44)15-20(40)5-10-31(22,32)17-37-39-29(43)27-26(35-18-36-27)28(42)38-24-4-2-3-13-34-24/h2-4,13-14,17-18,20-23,40,44-45H,5-12,15-16H2,1H3,(H,35,36)(H,39,43)(H,34,38,42)/b37-17+/t20-,21-,22+,23-,30-,31+,32+,33+/m1/s1. The molecule has 0 saturated heterocycles. The maximum Gasteiger partial charge on any atom is 0.331 e. The van der Waals surface area contributed by atoms with Crippen LogP contribution in [0.4, 0.5) is 5.82 Å². The first-order valence-corrected chi connectivity index (χ1v) is 16.1. The molecular weight excluding hydrogens is 592 g/mol. The van der Waals surface area contributed by atoms with Gasteiger partial charge in [-0.25, -0.2) is 20.2 Å². The maximum absolute atomic E-state index is 13.2. The average Bonchev–Trinajstić information content (AvgIpc) is 3.75. The number of aromatic nitrogens is 3. The highest BCUT2D eigenvalue weighted by molar-refractivity contribution is 6.09. The zero-order chi connectivity index (χ0) is 32.3. The number of hydrogen-bond acceptors (Lipinski definition) is 10. The number of hydrogen-bond donors (Lipinski definition) is 6. The summed E-state index contributed by atoms with van der Waals surface area (Å²) < 4.78 is 5.24. The molecule has 13 nitrogen and oxygen atoms in total. The molecule has 1 aliphatic heterocycles. The van der Waals surface area contributed by atoms with Gasteiger partial charge in [0.2, 0.25) is 0 Å². The van der Waals surface area contributed by atoms with E-state index in [1.54, 1.807) is 30.5 Å². The van der Waals surface area contributed by atoms with Gasteiger partial charge in [0.25, 0.3) is 11.8 Å². The van der Waals surface area contributed by atoms with Crippen molar-refractivity contribution in [1.82, 2.24) is 20.4 Å². The molecule has 0 unspecified atom stereocenters. The number of cyclic esters (lactones) is 1. The molecule has 5 aliphatic rings. The fourth-order valence-corrected chi connectivity index (χ4v) is 9.87. The minimum Gasteiger partial charge on any atom is -0.458 e. The number of ether oxygens (including phenoxy) is 1. The topological polar surface area (TPSA) is 199 Å². The van der Waals surface area contributed by atoms with Crippen molar-refractivity contribution < 1.29 is 34.4 Å². The number of anilines is 1. The van der Waals surface area contributed by atoms with E-state index in [-0.39, 0.29) is 48.1 Å². The van der Waals surface area contributed by atoms with E-state index in [0.717, 1.165) is 12.0 Å². The van der Waals surface area contributed by atoms with Gasteiger partial charge in [-0.1, -0.05) is 13.0 Å². The van der Waals surface area contributed by atoms with Gasteiger partial charge in [-0.2, -0.15) is 5.10 Å². The summed E-state index contributed by atoms with van der Waals surface area (Å²) in [5.41, 5.74) is -0.423. The number of esters is 1. The number of amides is 2. The van der Waals surface area contributed by atoms with Crippen LogP contribution >= 0.6 is 0 Å². The summed E-state index contributed by atoms with van der Waals surface area (Å²) in [6.07, 6.45) is 10.1. The second-order valence-electron chi connectivity index (χ2n) is 14.0. The summed E-state index contributed by atoms with van der Waals surface area (Å²) >= 11 is 0. The Morgan fingerprint density at radius 3 is 2.65 bits per heavy atom. The van der Waals surface area contributed by atoms with E-state index in [9.17, 15) is 29.7 Å². The molecule has 2 amide bonds. The van der Waals surface area contributed by atoms with E-state index >= 15 is 0 Å². The van der Waals surface area contributed by atoms with Gasteiger partial charge < -0.3 is 30.4 Å². The van der Waals surface area contributed by atoms with Gasteiger partial charge in [0, 0.05) is 35.7 Å². The van der Waals surface area contributed by atoms with Gasteiger partial charge in [-0.3, -0.25) is 9.59 Å². The van der Waals surface area contributed by atoms with Crippen molar-refractivity contribution >= 4 is 29.8 Å². The van der Waals surface area contributed by atoms with E-state index in [2.05, 4.69) is 37.7 Å². The number of nitrogens with zero attached hydrogens (tertiary/aromatic N) is 3. The molecule has 2 aromatic heterocycles. The smallest absolute Gasteiger partial charge is 0.331 e. The molecule has 244 valence electrons. The van der Waals surface area contributed by atoms with Gasteiger partial charge in [-0.15, -0.1) is 0 Å². The van der Waals surface area contributed by atoms with Crippen molar-refractivity contribution in [2.24, 2.45) is 33.7 Å². The van der Waals surface area contributed by atoms with Crippen LogP contribution in [-0.2, 0) is 9.53 Å². The third-order valence-electron chi connectivity index (χ3n) is 12.1. The predicted molar refractivity (Wildman–Crippen MR) is 164 cm³/mol. The van der Waals surface area contributed by atoms with Crippen LogP contribution in [0.3, 0.4) is 0 Å². The zero-order valence-electron chi connectivity index (χ0n) is 25.7. The molecule has 0 radical (unpaired) electrons. The molecule has 0 aromatic carbocycles. The number of rotatable bonds is 6. The maximum atomic E-state index is 13.2. The third kappa shape index (κ3) is 4.62. The van der Waals surface area contributed by atoms with Gasteiger partial charge in [-0.05, 0) is 86.8 Å². The predicted octanol–water partition coefficient (Wildman–Crippen LogP) is 2.49. The number of nitrogens with one attached hydrogen (secondary N) is 3. The number of imidazole rings is 1. The Balaban J connectivity index is 1.15. The molecule has 8 atom stereocenters. The van der Waals surface area contributed by atoms with Gasteiger partial charge >= 0.3 is 5.97 Å². The first-order valence-electron chi connectivity index (χ1n) is 16.1. The zero-order valence-corrected chi connectivity index (χ0v) is 25.7. The van der Waals surface area contributed by atoms with E-state index in [0.29, 0.717) is 50.8 Å². The van der Waals surface area contributed by atoms with E-state index in [1.807, 2.05) is 0 Å². The van der Waals surface area contributed by atoms with Crippen molar-refractivity contribution in [2.75, 3.05) is 11.9 Å². The van der Waals surface area contributed by atoms with Crippen molar-refractivity contribution in [2.45, 2.75) is 82.0 Å². The average molecular weight is 633 g/mol. The number of pyridine rings is 1. The Morgan fingerprint density at radius 1 is 1.07 bits per heavy atom. The first-order chi connectivity index (χ1) is 22.0. The molecule has 13 heteroatoms. The molecule has 4 fully saturated rings. The van der Waals surface area contributed by atoms with E-state index < -0.39 is 40.0 Å². The first kappa shape index (κ1) is 30.7. The summed E-state index contributed by atoms with van der Waals surface area (Å²) in [5, 5.41) is 42.4. The van der Waals surface area contributed by atoms with Gasteiger partial charge in [0.1, 0.15) is 18.1 Å². The van der Waals surface area contributed by atoms with Crippen molar-refractivity contribution in [3.05, 3.63) is 53.8 Å². The van der Waals surface area contributed by atoms with Crippen LogP contribution in [0.5, 0.6) is 0 Å². The largest absolute Gasteiger partial charge is 0.458 e. The summed E-state index contributed by atoms with van der Waals surface area (Å²) in [5.74, 6) is -1.59. The second kappa shape index (κ2) is 11.1. The van der Waals surface area contributed by atoms with Crippen LogP contribution in [0.25, 0.3) is 0 Å². The molecule has 6 N–H and O–H groups in total. The lowest BCUT2D eigenvalue weighted by Crippen LogP contribution is -2.68. The lowest BCUT2D eigenvalue weighted by Gasteiger charge is -2.65. The minimum atomic E-state index is -1.28. The Morgan fingerprint density at radius 2 is 1.89 bits per heavy atom. The molecule has 46 heavy (non-hydrogen) atoms. The highest BCUT2D eigenvalue weighted by Gasteiger charge is 2.71. The van der Waals surface area contributed by atoms with Crippen LogP contribution in [0, 0.1) is 28.6 Å². The highest BCUT2D eigenvalue weighted by atomic mass is 16.5. The SMILES string of the molecule is C[C@]12CC[C@H]3[C@@H](CC[C@]4(O)C[C@H](O)CC[C@]34/C=N/NC(=O)c3nc[nH]c3C(=O)Nc3ccccn3)[C@@]1(O)CC[C@@H]2C1=CC(=O)OC1. The van der Waals surface area contributed by atoms with Crippen LogP contribution in [-0.4, -0.2) is 78.2 Å². The molecule has 0 spiro atoms. The number of fused-ring (bicyclic) bond motifs is 5. The summed E-state index contributed by atoms with van der Waals surface area (Å²) in [6.45, 7) is 2.39. The minimum absolute atomic E-state index is 0.0284. The Kier molecular flexibility index (Phi) is 7.41. The van der Waals surface area contributed by atoms with E-state index in [4.69, 9.17) is 4.74 Å². The van der Waals surface area contributed by atoms with Crippen LogP contribution in [0.15, 0.2) is 47.5 Å². The number of carbonyl (C=O) groups is 3. The van der Waals surface area contributed by atoms with Gasteiger partial charge in [0.05, 0.1) is 23.6 Å². The Bertz CT molecular complexity index is 1610. The van der Waals surface area contributed by atoms with Crippen molar-refractivity contribution in [1.29, 1.82) is 0 Å². The molecule has 7 rings (SSSR count). The van der Waals surface area contributed by atoms with Crippen molar-refractivity contribution in [3.63, 3.8) is 0 Å². The monoisotopic (exact) mass is 632 g/mol. The summed E-state index contributed by atoms with van der Waals surface area (Å²) in [6, 6.07) is 5.06. The number of carbonyl (C=O) groups excluding carboxylic acids is 3. The van der Waals surface area contributed by atoms with Crippen molar-refractivity contribution in [3.8, 4) is 0 Å².